The lowest BCUT2D eigenvalue weighted by atomic mass is 9.55. The number of nitrogens with zero attached hydrogens (tertiary/aromatic N) is 1. The second-order valence-electron chi connectivity index (χ2n) is 9.10. The number of amides is 2. The Bertz CT molecular complexity index is 1260. The Morgan fingerprint density at radius 1 is 0.781 bits per heavy atom. The molecular weight excluding hydrogens is 398 g/mol. The van der Waals surface area contributed by atoms with E-state index in [-0.39, 0.29) is 35.5 Å². The average molecular weight is 424 g/mol. The van der Waals surface area contributed by atoms with E-state index in [4.69, 9.17) is 4.74 Å². The number of benzene rings is 3. The summed E-state index contributed by atoms with van der Waals surface area (Å²) in [5.74, 6) is -0.573. The predicted octanol–water partition coefficient (Wildman–Crippen LogP) is 5.18. The van der Waals surface area contributed by atoms with Crippen LogP contribution in [0.1, 0.15) is 53.0 Å². The van der Waals surface area contributed by atoms with E-state index in [0.29, 0.717) is 18.0 Å². The van der Waals surface area contributed by atoms with Gasteiger partial charge in [-0.15, -0.1) is 0 Å². The quantitative estimate of drug-likeness (QED) is 0.543. The molecule has 0 aromatic heterocycles. The number of anilines is 1. The topological polar surface area (TPSA) is 46.6 Å². The SMILES string of the molecule is CCCOc1ccccc1N1C(=O)[C@H]2[C@@H]3c4ccccc4[C@H](c4cc(C)ccc43)[C@@H]2C1=O. The molecule has 0 N–H and O–H groups in total. The van der Waals surface area contributed by atoms with Gasteiger partial charge in [-0.05, 0) is 47.7 Å². The van der Waals surface area contributed by atoms with Crippen molar-refractivity contribution in [2.75, 3.05) is 11.5 Å². The van der Waals surface area contributed by atoms with Gasteiger partial charge in [-0.3, -0.25) is 9.59 Å². The first-order valence-corrected chi connectivity index (χ1v) is 11.4. The Balaban J connectivity index is 1.52. The van der Waals surface area contributed by atoms with Crippen molar-refractivity contribution in [3.63, 3.8) is 0 Å². The van der Waals surface area contributed by atoms with Gasteiger partial charge < -0.3 is 4.74 Å². The molecule has 3 aliphatic carbocycles. The van der Waals surface area contributed by atoms with Crippen molar-refractivity contribution in [1.29, 1.82) is 0 Å². The van der Waals surface area contributed by atoms with E-state index in [1.54, 1.807) is 0 Å². The van der Waals surface area contributed by atoms with Gasteiger partial charge in [0.2, 0.25) is 11.8 Å². The van der Waals surface area contributed by atoms with Gasteiger partial charge in [0.05, 0.1) is 24.1 Å². The van der Waals surface area contributed by atoms with Crippen molar-refractivity contribution in [1.82, 2.24) is 0 Å². The average Bonchev–Trinajstić information content (AvgIpc) is 3.08. The third kappa shape index (κ3) is 2.49. The maximum absolute atomic E-state index is 13.9. The molecule has 0 saturated carbocycles. The number of aryl methyl sites for hydroxylation is 1. The Hall–Kier alpha value is -3.40. The highest BCUT2D eigenvalue weighted by atomic mass is 16.5. The lowest BCUT2D eigenvalue weighted by Crippen LogP contribution is -2.41. The molecule has 2 bridgehead atoms. The molecular formula is C28H25NO3. The molecule has 3 aromatic rings. The second-order valence-corrected chi connectivity index (χ2v) is 9.10. The summed E-state index contributed by atoms with van der Waals surface area (Å²) < 4.78 is 5.91. The molecule has 1 fully saturated rings. The highest BCUT2D eigenvalue weighted by Gasteiger charge is 2.62. The summed E-state index contributed by atoms with van der Waals surface area (Å²) in [7, 11) is 0. The lowest BCUT2D eigenvalue weighted by Gasteiger charge is -2.46. The molecule has 0 radical (unpaired) electrons. The largest absolute Gasteiger partial charge is 0.491 e. The first-order valence-electron chi connectivity index (χ1n) is 11.4. The van der Waals surface area contributed by atoms with Gasteiger partial charge in [0.1, 0.15) is 5.75 Å². The first-order chi connectivity index (χ1) is 15.6. The van der Waals surface area contributed by atoms with Crippen LogP contribution in [0.3, 0.4) is 0 Å². The van der Waals surface area contributed by atoms with Crippen molar-refractivity contribution >= 4 is 17.5 Å². The van der Waals surface area contributed by atoms with Crippen LogP contribution in [0.4, 0.5) is 5.69 Å². The van der Waals surface area contributed by atoms with Crippen LogP contribution in [-0.4, -0.2) is 18.4 Å². The third-order valence-electron chi connectivity index (χ3n) is 7.26. The number of imide groups is 1. The molecule has 7 rings (SSSR count). The van der Waals surface area contributed by atoms with Crippen LogP contribution in [0.5, 0.6) is 5.75 Å². The summed E-state index contributed by atoms with van der Waals surface area (Å²) >= 11 is 0. The summed E-state index contributed by atoms with van der Waals surface area (Å²) in [5.41, 5.74) is 6.52. The van der Waals surface area contributed by atoms with Crippen molar-refractivity contribution in [2.24, 2.45) is 11.8 Å². The summed E-state index contributed by atoms with van der Waals surface area (Å²) in [4.78, 5) is 29.2. The van der Waals surface area contributed by atoms with E-state index in [2.05, 4.69) is 37.3 Å². The van der Waals surface area contributed by atoms with Crippen molar-refractivity contribution in [3.8, 4) is 5.75 Å². The Morgan fingerprint density at radius 3 is 2.06 bits per heavy atom. The zero-order chi connectivity index (χ0) is 22.0. The van der Waals surface area contributed by atoms with Gasteiger partial charge in [-0.25, -0.2) is 4.90 Å². The number of carbonyl (C=O) groups excluding carboxylic acids is 2. The summed E-state index contributed by atoms with van der Waals surface area (Å²) in [6.07, 6.45) is 0.857. The zero-order valence-corrected chi connectivity index (χ0v) is 18.2. The highest BCUT2D eigenvalue weighted by molar-refractivity contribution is 6.24. The normalized spacial score (nSPS) is 24.9. The van der Waals surface area contributed by atoms with E-state index in [9.17, 15) is 9.59 Å². The molecule has 1 heterocycles. The number of carbonyl (C=O) groups is 2. The maximum atomic E-state index is 13.9. The Labute approximate surface area is 187 Å². The molecule has 32 heavy (non-hydrogen) atoms. The molecule has 4 atom stereocenters. The minimum absolute atomic E-state index is 0.0954. The minimum Gasteiger partial charge on any atom is -0.491 e. The minimum atomic E-state index is -0.379. The van der Waals surface area contributed by atoms with E-state index in [1.807, 2.05) is 43.3 Å². The molecule has 1 saturated heterocycles. The van der Waals surface area contributed by atoms with Crippen LogP contribution >= 0.6 is 0 Å². The summed E-state index contributed by atoms with van der Waals surface area (Å²) in [6.45, 7) is 4.67. The predicted molar refractivity (Wildman–Crippen MR) is 123 cm³/mol. The molecule has 3 aromatic carbocycles. The van der Waals surface area contributed by atoms with E-state index in [0.717, 1.165) is 6.42 Å². The molecule has 4 nitrogen and oxygen atoms in total. The van der Waals surface area contributed by atoms with Gasteiger partial charge in [0, 0.05) is 11.8 Å². The van der Waals surface area contributed by atoms with Crippen LogP contribution in [0.15, 0.2) is 66.7 Å². The molecule has 2 amide bonds. The van der Waals surface area contributed by atoms with Gasteiger partial charge >= 0.3 is 0 Å². The van der Waals surface area contributed by atoms with Gasteiger partial charge in [-0.2, -0.15) is 0 Å². The Kier molecular flexibility index (Phi) is 4.26. The summed E-state index contributed by atoms with van der Waals surface area (Å²) in [6, 6.07) is 22.2. The zero-order valence-electron chi connectivity index (χ0n) is 18.2. The molecule has 160 valence electrons. The fourth-order valence-electron chi connectivity index (χ4n) is 6.06. The van der Waals surface area contributed by atoms with Crippen molar-refractivity contribution in [2.45, 2.75) is 32.1 Å². The van der Waals surface area contributed by atoms with Crippen LogP contribution < -0.4 is 9.64 Å². The van der Waals surface area contributed by atoms with Crippen LogP contribution in [0.25, 0.3) is 0 Å². The standard InChI is InChI=1S/C28H25NO3/c1-3-14-32-22-11-7-6-10-21(22)29-27(30)25-23-17-8-4-5-9-18(17)24(26(25)28(29)31)20-15-16(2)12-13-19(20)23/h4-13,15,23-26H,3,14H2,1-2H3/t23-,24-,25+,26+/m1/s1. The molecule has 0 spiro atoms. The third-order valence-corrected chi connectivity index (χ3v) is 7.26. The number of hydrogen-bond acceptors (Lipinski definition) is 3. The molecule has 4 heteroatoms. The lowest BCUT2D eigenvalue weighted by molar-refractivity contribution is -0.122. The van der Waals surface area contributed by atoms with Crippen LogP contribution in [-0.2, 0) is 9.59 Å². The summed E-state index contributed by atoms with van der Waals surface area (Å²) in [5, 5.41) is 0. The van der Waals surface area contributed by atoms with Crippen molar-refractivity contribution < 1.29 is 14.3 Å². The van der Waals surface area contributed by atoms with Gasteiger partial charge in [0.15, 0.2) is 0 Å². The number of rotatable bonds is 4. The van der Waals surface area contributed by atoms with Crippen LogP contribution in [0.2, 0.25) is 0 Å². The van der Waals surface area contributed by atoms with Gasteiger partial charge in [0.25, 0.3) is 0 Å². The molecule has 4 aliphatic rings. The van der Waals surface area contributed by atoms with Crippen molar-refractivity contribution in [3.05, 3.63) is 94.5 Å². The van der Waals surface area contributed by atoms with Gasteiger partial charge in [-0.1, -0.05) is 67.1 Å². The maximum Gasteiger partial charge on any atom is 0.238 e. The van der Waals surface area contributed by atoms with E-state index < -0.39 is 0 Å². The Morgan fingerprint density at radius 2 is 1.38 bits per heavy atom. The highest BCUT2D eigenvalue weighted by Crippen LogP contribution is 2.61. The van der Waals surface area contributed by atoms with E-state index >= 15 is 0 Å². The fraction of sp³-hybridized carbons (Fsp3) is 0.286. The smallest absolute Gasteiger partial charge is 0.238 e. The number of para-hydroxylation sites is 2. The molecule has 0 unspecified atom stereocenters. The first kappa shape index (κ1) is 19.3. The van der Waals surface area contributed by atoms with E-state index in [1.165, 1.54) is 32.7 Å². The van der Waals surface area contributed by atoms with Crippen LogP contribution in [0, 0.1) is 18.8 Å². The number of hydrogen-bond donors (Lipinski definition) is 0. The second kappa shape index (κ2) is 7.06. The monoisotopic (exact) mass is 423 g/mol. The number of ether oxygens (including phenoxy) is 1. The fourth-order valence-corrected chi connectivity index (χ4v) is 6.06. The molecule has 1 aliphatic heterocycles.